The predicted octanol–water partition coefficient (Wildman–Crippen LogP) is 2.90. The van der Waals surface area contributed by atoms with E-state index in [1.807, 2.05) is 0 Å². The number of nitrogens with one attached hydrogen (secondary N) is 1. The Balaban J connectivity index is 3.61. The fourth-order valence-corrected chi connectivity index (χ4v) is 1.08. The quantitative estimate of drug-likeness (QED) is 0.417. The molecule has 1 amide bonds. The molecule has 0 saturated carbocycles. The molecule has 0 rings (SSSR count). The van der Waals surface area contributed by atoms with E-state index in [1.165, 1.54) is 18.9 Å². The van der Waals surface area contributed by atoms with Gasteiger partial charge in [-0.3, -0.25) is 4.79 Å². The van der Waals surface area contributed by atoms with Gasteiger partial charge in [0.25, 0.3) is 0 Å². The predicted molar refractivity (Wildman–Crippen MR) is 68.9 cm³/mol. The van der Waals surface area contributed by atoms with Gasteiger partial charge < -0.3 is 5.32 Å². The summed E-state index contributed by atoms with van der Waals surface area (Å²) in [6, 6.07) is 0. The topological polar surface area (TPSA) is 29.1 Å². The van der Waals surface area contributed by atoms with E-state index in [0.717, 1.165) is 12.8 Å². The van der Waals surface area contributed by atoms with Crippen molar-refractivity contribution >= 4 is 5.91 Å². The summed E-state index contributed by atoms with van der Waals surface area (Å²) >= 11 is 0. The van der Waals surface area contributed by atoms with Crippen molar-refractivity contribution in [1.29, 1.82) is 0 Å². The monoisotopic (exact) mass is 221 g/mol. The zero-order chi connectivity index (χ0) is 12.2. The normalized spacial score (nSPS) is 10.2. The maximum atomic E-state index is 11.2. The lowest BCUT2D eigenvalue weighted by Gasteiger charge is -2.03. The zero-order valence-electron chi connectivity index (χ0n) is 10.7. The maximum absolute atomic E-state index is 11.2. The molecule has 0 aliphatic carbocycles. The summed E-state index contributed by atoms with van der Waals surface area (Å²) in [6.45, 7) is 7.02. The van der Waals surface area contributed by atoms with Crippen LogP contribution in [0.4, 0.5) is 0 Å². The number of allylic oxidation sites excluding steroid dienone is 1. The van der Waals surface area contributed by atoms with Crippen LogP contribution in [0.15, 0.2) is 12.2 Å². The van der Waals surface area contributed by atoms with Crippen LogP contribution in [0.3, 0.4) is 0 Å². The van der Waals surface area contributed by atoms with Gasteiger partial charge in [0.1, 0.15) is 0 Å². The lowest BCUT2D eigenvalue weighted by Crippen LogP contribution is -2.25. The minimum Gasteiger partial charge on any atom is -0.352 e. The Bertz CT molecular complexity index is 268. The summed E-state index contributed by atoms with van der Waals surface area (Å²) < 4.78 is 0. The lowest BCUT2D eigenvalue weighted by molar-refractivity contribution is -0.116. The molecule has 0 radical (unpaired) electrons. The summed E-state index contributed by atoms with van der Waals surface area (Å²) in [6.07, 6.45) is 7.64. The first-order chi connectivity index (χ1) is 7.66. The van der Waals surface area contributed by atoms with Crippen LogP contribution in [0, 0.1) is 17.8 Å². The highest BCUT2D eigenvalue weighted by Gasteiger charge is 1.95. The van der Waals surface area contributed by atoms with E-state index in [1.54, 1.807) is 6.08 Å². The first-order valence-corrected chi connectivity index (χ1v) is 6.09. The third-order valence-corrected chi connectivity index (χ3v) is 2.01. The number of rotatable bonds is 6. The van der Waals surface area contributed by atoms with Crippen molar-refractivity contribution in [1.82, 2.24) is 5.32 Å². The Labute approximate surface area is 99.5 Å². The van der Waals surface area contributed by atoms with E-state index in [2.05, 4.69) is 37.9 Å². The molecule has 0 aliphatic heterocycles. The van der Waals surface area contributed by atoms with Crippen LogP contribution in [-0.4, -0.2) is 12.5 Å². The molecule has 0 heterocycles. The van der Waals surface area contributed by atoms with Gasteiger partial charge in [-0.05, 0) is 18.4 Å². The van der Waals surface area contributed by atoms with E-state index in [-0.39, 0.29) is 5.91 Å². The third-order valence-electron chi connectivity index (χ3n) is 2.01. The molecular formula is C14H23NO. The molecule has 0 aromatic carbocycles. The average Bonchev–Trinajstić information content (AvgIpc) is 2.25. The van der Waals surface area contributed by atoms with Crippen molar-refractivity contribution in [2.24, 2.45) is 5.92 Å². The van der Waals surface area contributed by atoms with Crippen LogP contribution in [0.2, 0.25) is 0 Å². The minimum absolute atomic E-state index is 0.0587. The smallest absolute Gasteiger partial charge is 0.244 e. The fraction of sp³-hybridized carbons (Fsp3) is 0.643. The Kier molecular flexibility index (Phi) is 9.50. The number of carbonyl (C=O) groups is 1. The Morgan fingerprint density at radius 1 is 1.38 bits per heavy atom. The van der Waals surface area contributed by atoms with E-state index in [4.69, 9.17) is 0 Å². The summed E-state index contributed by atoms with van der Waals surface area (Å²) in [5.74, 6) is 6.32. The van der Waals surface area contributed by atoms with Gasteiger partial charge >= 0.3 is 0 Å². The molecule has 0 bridgehead atoms. The van der Waals surface area contributed by atoms with Gasteiger partial charge in [-0.25, -0.2) is 0 Å². The molecule has 0 spiro atoms. The number of hydrogen-bond donors (Lipinski definition) is 1. The molecule has 2 heteroatoms. The molecule has 0 aromatic rings. The largest absolute Gasteiger partial charge is 0.352 e. The average molecular weight is 221 g/mol. The third kappa shape index (κ3) is 10.8. The molecule has 1 N–H and O–H groups in total. The maximum Gasteiger partial charge on any atom is 0.244 e. The highest BCUT2D eigenvalue weighted by Crippen LogP contribution is 1.96. The summed E-state index contributed by atoms with van der Waals surface area (Å²) in [5, 5.41) is 2.80. The second-order valence-corrected chi connectivity index (χ2v) is 4.25. The highest BCUT2D eigenvalue weighted by molar-refractivity contribution is 5.87. The van der Waals surface area contributed by atoms with Crippen molar-refractivity contribution in [3.8, 4) is 11.8 Å². The van der Waals surface area contributed by atoms with Crippen LogP contribution in [0.1, 0.15) is 46.5 Å². The van der Waals surface area contributed by atoms with Gasteiger partial charge in [0, 0.05) is 19.0 Å². The first kappa shape index (κ1) is 14.8. The molecule has 2 nitrogen and oxygen atoms in total. The Morgan fingerprint density at radius 3 is 2.75 bits per heavy atom. The van der Waals surface area contributed by atoms with E-state index < -0.39 is 0 Å². The van der Waals surface area contributed by atoms with Crippen molar-refractivity contribution in [2.45, 2.75) is 46.5 Å². The number of amides is 1. The molecule has 16 heavy (non-hydrogen) atoms. The van der Waals surface area contributed by atoms with Gasteiger partial charge in [-0.15, -0.1) is 0 Å². The molecule has 0 aromatic heterocycles. The van der Waals surface area contributed by atoms with Crippen molar-refractivity contribution in [3.63, 3.8) is 0 Å². The number of unbranched alkanes of at least 4 members (excludes halogenated alkanes) is 3. The lowest BCUT2D eigenvalue weighted by atomic mass is 10.2. The van der Waals surface area contributed by atoms with Crippen LogP contribution in [0.5, 0.6) is 0 Å². The van der Waals surface area contributed by atoms with E-state index >= 15 is 0 Å². The Morgan fingerprint density at radius 2 is 2.12 bits per heavy atom. The van der Waals surface area contributed by atoms with Crippen LogP contribution in [0.25, 0.3) is 0 Å². The van der Waals surface area contributed by atoms with E-state index in [9.17, 15) is 4.79 Å². The van der Waals surface area contributed by atoms with Crippen LogP contribution in [-0.2, 0) is 4.79 Å². The second-order valence-electron chi connectivity index (χ2n) is 4.25. The summed E-state index contributed by atoms with van der Waals surface area (Å²) in [5.41, 5.74) is 0. The van der Waals surface area contributed by atoms with Gasteiger partial charge in [-0.2, -0.15) is 0 Å². The fourth-order valence-electron chi connectivity index (χ4n) is 1.08. The molecule has 90 valence electrons. The first-order valence-electron chi connectivity index (χ1n) is 6.09. The van der Waals surface area contributed by atoms with Crippen molar-refractivity contribution in [3.05, 3.63) is 12.2 Å². The van der Waals surface area contributed by atoms with E-state index in [0.29, 0.717) is 12.5 Å². The molecule has 0 atom stereocenters. The van der Waals surface area contributed by atoms with Gasteiger partial charge in [0.05, 0.1) is 0 Å². The van der Waals surface area contributed by atoms with Gasteiger partial charge in [0.15, 0.2) is 0 Å². The highest BCUT2D eigenvalue weighted by atomic mass is 16.1. The SMILES string of the molecule is CCCCCC#C/C=C/C(=O)NCC(C)C. The summed E-state index contributed by atoms with van der Waals surface area (Å²) in [4.78, 5) is 11.2. The zero-order valence-corrected chi connectivity index (χ0v) is 10.7. The number of hydrogen-bond acceptors (Lipinski definition) is 1. The Hall–Kier alpha value is -1.23. The molecular weight excluding hydrogens is 198 g/mol. The minimum atomic E-state index is -0.0587. The molecule has 0 unspecified atom stereocenters. The molecule has 0 saturated heterocycles. The van der Waals surface area contributed by atoms with Crippen molar-refractivity contribution < 1.29 is 4.79 Å². The number of carbonyl (C=O) groups excluding carboxylic acids is 1. The standard InChI is InChI=1S/C14H23NO/c1-4-5-6-7-8-9-10-11-14(16)15-12-13(2)3/h10-11,13H,4-7,12H2,1-3H3,(H,15,16)/b11-10+. The van der Waals surface area contributed by atoms with Crippen LogP contribution >= 0.6 is 0 Å². The summed E-state index contributed by atoms with van der Waals surface area (Å²) in [7, 11) is 0. The molecule has 0 aliphatic rings. The van der Waals surface area contributed by atoms with Gasteiger partial charge in [0.2, 0.25) is 5.91 Å². The second kappa shape index (κ2) is 10.3. The van der Waals surface area contributed by atoms with Gasteiger partial charge in [-0.1, -0.05) is 45.5 Å². The molecule has 0 fully saturated rings. The van der Waals surface area contributed by atoms with Crippen molar-refractivity contribution in [2.75, 3.05) is 6.54 Å². The van der Waals surface area contributed by atoms with Crippen LogP contribution < -0.4 is 5.32 Å².